The largest absolute Gasteiger partial charge is 0.480 e. The van der Waals surface area contributed by atoms with Gasteiger partial charge in [0.25, 0.3) is 0 Å². The summed E-state index contributed by atoms with van der Waals surface area (Å²) in [6.45, 7) is 0.153. The summed E-state index contributed by atoms with van der Waals surface area (Å²) in [5, 5.41) is 17.2. The average molecular weight is 581 g/mol. The molecule has 4 unspecified atom stereocenters. The Labute approximate surface area is 237 Å². The van der Waals surface area contributed by atoms with E-state index < -0.39 is 53.8 Å². The molecule has 0 aliphatic carbocycles. The summed E-state index contributed by atoms with van der Waals surface area (Å²) in [5.74, 6) is -3.57. The number of thioether (sulfide) groups is 1. The minimum absolute atomic E-state index is 0.0157. The van der Waals surface area contributed by atoms with Crippen LogP contribution in [0.15, 0.2) is 35.3 Å². The molecule has 0 spiro atoms. The highest BCUT2D eigenvalue weighted by Crippen LogP contribution is 2.08. The second-order valence-corrected chi connectivity index (χ2v) is 10.0. The molecule has 1 aromatic carbocycles. The maximum atomic E-state index is 13.2. The van der Waals surface area contributed by atoms with Gasteiger partial charge in [-0.25, -0.2) is 4.79 Å². The van der Waals surface area contributed by atoms with Crippen molar-refractivity contribution in [3.05, 3.63) is 35.9 Å². The van der Waals surface area contributed by atoms with Crippen molar-refractivity contribution >= 4 is 47.3 Å². The minimum Gasteiger partial charge on any atom is -0.480 e. The summed E-state index contributed by atoms with van der Waals surface area (Å²) in [6.07, 6.45) is 2.22. The molecule has 1 rings (SSSR count). The number of carboxylic acid groups (broad SMARTS) is 1. The van der Waals surface area contributed by atoms with Gasteiger partial charge in [0.2, 0.25) is 23.6 Å². The van der Waals surface area contributed by atoms with E-state index in [1.165, 1.54) is 11.8 Å². The normalized spacial score (nSPS) is 13.7. The second-order valence-electron chi connectivity index (χ2n) is 9.05. The molecule has 12 N–H and O–H groups in total. The standard InChI is InChI=1S/C25H40N8O6S/c1-40-13-11-16(26)21(35)31-18(9-10-20(27)34)23(37)32-17(8-5-12-30-25(28)29)22(36)33-19(24(38)39)14-15-6-3-2-4-7-15/h2-4,6-7,16-19H,5,8-14,26H2,1H3,(H2,27,34)(H,31,35)(H,32,37)(H,33,36)(H,38,39)(H4,28,29,30). The van der Waals surface area contributed by atoms with E-state index in [1.54, 1.807) is 30.3 Å². The summed E-state index contributed by atoms with van der Waals surface area (Å²) in [6, 6.07) is 4.16. The van der Waals surface area contributed by atoms with E-state index in [1.807, 2.05) is 6.26 Å². The highest BCUT2D eigenvalue weighted by Gasteiger charge is 2.30. The van der Waals surface area contributed by atoms with E-state index in [2.05, 4.69) is 20.9 Å². The summed E-state index contributed by atoms with van der Waals surface area (Å²) >= 11 is 1.50. The van der Waals surface area contributed by atoms with Crippen LogP contribution in [0.4, 0.5) is 0 Å². The van der Waals surface area contributed by atoms with Crippen molar-refractivity contribution in [3.63, 3.8) is 0 Å². The molecular weight excluding hydrogens is 540 g/mol. The van der Waals surface area contributed by atoms with Gasteiger partial charge in [0.05, 0.1) is 6.04 Å². The number of nitrogens with two attached hydrogens (primary N) is 4. The highest BCUT2D eigenvalue weighted by atomic mass is 32.2. The van der Waals surface area contributed by atoms with Gasteiger partial charge in [-0.2, -0.15) is 11.8 Å². The van der Waals surface area contributed by atoms with Crippen LogP contribution in [0.25, 0.3) is 0 Å². The van der Waals surface area contributed by atoms with Crippen LogP contribution in [0.2, 0.25) is 0 Å². The van der Waals surface area contributed by atoms with Gasteiger partial charge < -0.3 is 44.0 Å². The lowest BCUT2D eigenvalue weighted by Gasteiger charge is -2.25. The summed E-state index contributed by atoms with van der Waals surface area (Å²) < 4.78 is 0. The summed E-state index contributed by atoms with van der Waals surface area (Å²) in [5.41, 5.74) is 22.5. The molecule has 4 amide bonds. The Bertz CT molecular complexity index is 1020. The molecule has 4 atom stereocenters. The number of aliphatic imine (C=N–C) groups is 1. The monoisotopic (exact) mass is 580 g/mol. The molecule has 0 aliphatic rings. The van der Waals surface area contributed by atoms with Gasteiger partial charge in [0.15, 0.2) is 5.96 Å². The third-order valence-corrected chi connectivity index (χ3v) is 6.40. The van der Waals surface area contributed by atoms with Gasteiger partial charge in [0.1, 0.15) is 18.1 Å². The van der Waals surface area contributed by atoms with Crippen molar-refractivity contribution in [3.8, 4) is 0 Å². The fraction of sp³-hybridized carbons (Fsp3) is 0.520. The Hall–Kier alpha value is -3.85. The van der Waals surface area contributed by atoms with Crippen LogP contribution in [-0.2, 0) is 30.4 Å². The lowest BCUT2D eigenvalue weighted by Crippen LogP contribution is -2.57. The zero-order valence-corrected chi connectivity index (χ0v) is 23.3. The van der Waals surface area contributed by atoms with Crippen molar-refractivity contribution in [1.82, 2.24) is 16.0 Å². The van der Waals surface area contributed by atoms with Gasteiger partial charge in [-0.1, -0.05) is 30.3 Å². The second kappa shape index (κ2) is 18.4. The lowest BCUT2D eigenvalue weighted by atomic mass is 10.0. The Balaban J connectivity index is 3.08. The zero-order chi connectivity index (χ0) is 30.1. The van der Waals surface area contributed by atoms with Gasteiger partial charge in [-0.15, -0.1) is 0 Å². The third kappa shape index (κ3) is 13.8. The van der Waals surface area contributed by atoms with Crippen LogP contribution in [0.1, 0.15) is 37.7 Å². The molecular formula is C25H40N8O6S. The molecule has 0 saturated carbocycles. The number of amides is 4. The number of hydrogen-bond donors (Lipinski definition) is 8. The van der Waals surface area contributed by atoms with E-state index >= 15 is 0 Å². The van der Waals surface area contributed by atoms with Crippen LogP contribution in [0, 0.1) is 0 Å². The van der Waals surface area contributed by atoms with Crippen LogP contribution in [0.5, 0.6) is 0 Å². The molecule has 0 fully saturated rings. The number of nitrogens with zero attached hydrogens (tertiary/aromatic N) is 1. The number of benzene rings is 1. The molecule has 0 radical (unpaired) electrons. The smallest absolute Gasteiger partial charge is 0.326 e. The Morgan fingerprint density at radius 1 is 0.875 bits per heavy atom. The third-order valence-electron chi connectivity index (χ3n) is 5.76. The topological polar surface area (TPSA) is 258 Å². The first-order chi connectivity index (χ1) is 18.9. The van der Waals surface area contributed by atoms with Gasteiger partial charge >= 0.3 is 5.97 Å². The first-order valence-corrected chi connectivity index (χ1v) is 14.1. The molecule has 0 bridgehead atoms. The van der Waals surface area contributed by atoms with Crippen LogP contribution < -0.4 is 38.9 Å². The van der Waals surface area contributed by atoms with Crippen molar-refractivity contribution in [2.45, 2.75) is 62.7 Å². The number of rotatable bonds is 19. The predicted molar refractivity (Wildman–Crippen MR) is 153 cm³/mol. The molecule has 222 valence electrons. The van der Waals surface area contributed by atoms with Gasteiger partial charge in [-0.05, 0) is 43.3 Å². The van der Waals surface area contributed by atoms with Crippen molar-refractivity contribution in [2.24, 2.45) is 27.9 Å². The number of aliphatic carboxylic acids is 1. The molecule has 1 aromatic rings. The number of carboxylic acids is 1. The predicted octanol–water partition coefficient (Wildman–Crippen LogP) is -1.83. The number of nitrogens with one attached hydrogen (secondary N) is 3. The Morgan fingerprint density at radius 3 is 2.00 bits per heavy atom. The SMILES string of the molecule is CSCCC(N)C(=O)NC(CCC(N)=O)C(=O)NC(CCCN=C(N)N)C(=O)NC(Cc1ccccc1)C(=O)O. The fourth-order valence-electron chi connectivity index (χ4n) is 3.58. The van der Waals surface area contributed by atoms with E-state index in [0.717, 1.165) is 0 Å². The van der Waals surface area contributed by atoms with Gasteiger partial charge in [0, 0.05) is 19.4 Å². The van der Waals surface area contributed by atoms with E-state index in [9.17, 15) is 29.1 Å². The molecule has 0 saturated heterocycles. The Kier molecular flexibility index (Phi) is 15.8. The van der Waals surface area contributed by atoms with Crippen LogP contribution >= 0.6 is 11.8 Å². The average Bonchev–Trinajstić information content (AvgIpc) is 2.90. The fourth-order valence-corrected chi connectivity index (χ4v) is 4.07. The minimum atomic E-state index is -1.27. The zero-order valence-electron chi connectivity index (χ0n) is 22.5. The number of primary amides is 1. The van der Waals surface area contributed by atoms with Crippen LogP contribution in [-0.4, -0.2) is 83.4 Å². The van der Waals surface area contributed by atoms with E-state index in [4.69, 9.17) is 22.9 Å². The molecule has 0 aliphatic heterocycles. The molecule has 0 aromatic heterocycles. The number of carbonyl (C=O) groups excluding carboxylic acids is 4. The number of carbonyl (C=O) groups is 5. The van der Waals surface area contributed by atoms with E-state index in [0.29, 0.717) is 17.7 Å². The van der Waals surface area contributed by atoms with E-state index in [-0.39, 0.29) is 44.6 Å². The number of guanidine groups is 1. The quantitative estimate of drug-likeness (QED) is 0.0515. The van der Waals surface area contributed by atoms with Crippen LogP contribution in [0.3, 0.4) is 0 Å². The van der Waals surface area contributed by atoms with Crippen molar-refractivity contribution < 1.29 is 29.1 Å². The molecule has 40 heavy (non-hydrogen) atoms. The molecule has 14 nitrogen and oxygen atoms in total. The highest BCUT2D eigenvalue weighted by molar-refractivity contribution is 7.98. The summed E-state index contributed by atoms with van der Waals surface area (Å²) in [7, 11) is 0. The molecule has 0 heterocycles. The maximum absolute atomic E-state index is 13.2. The van der Waals surface area contributed by atoms with Crippen molar-refractivity contribution in [1.29, 1.82) is 0 Å². The number of hydrogen-bond acceptors (Lipinski definition) is 8. The first kappa shape index (κ1) is 34.2. The first-order valence-electron chi connectivity index (χ1n) is 12.7. The lowest BCUT2D eigenvalue weighted by molar-refractivity contribution is -0.142. The molecule has 15 heteroatoms. The Morgan fingerprint density at radius 2 is 1.45 bits per heavy atom. The van der Waals surface area contributed by atoms with Crippen molar-refractivity contribution in [2.75, 3.05) is 18.6 Å². The maximum Gasteiger partial charge on any atom is 0.326 e. The van der Waals surface area contributed by atoms with Gasteiger partial charge in [-0.3, -0.25) is 24.2 Å². The summed E-state index contributed by atoms with van der Waals surface area (Å²) in [4.78, 5) is 66.1.